The van der Waals surface area contributed by atoms with E-state index in [9.17, 15) is 5.11 Å². The number of rotatable bonds is 3. The van der Waals surface area contributed by atoms with Crippen molar-refractivity contribution in [1.29, 1.82) is 0 Å². The van der Waals surface area contributed by atoms with Gasteiger partial charge in [-0.05, 0) is 25.2 Å². The van der Waals surface area contributed by atoms with Crippen LogP contribution in [-0.2, 0) is 0 Å². The molecular weight excluding hydrogens is 162 g/mol. The Morgan fingerprint density at radius 2 is 1.77 bits per heavy atom. The summed E-state index contributed by atoms with van der Waals surface area (Å²) in [6.45, 7) is 2.23. The Morgan fingerprint density at radius 1 is 1.23 bits per heavy atom. The molecular formula is C11H23NO. The fraction of sp³-hybridized carbons (Fsp3) is 1.00. The summed E-state index contributed by atoms with van der Waals surface area (Å²) in [6, 6.07) is 0. The van der Waals surface area contributed by atoms with Crippen LogP contribution in [0.1, 0.15) is 51.9 Å². The van der Waals surface area contributed by atoms with E-state index in [-0.39, 0.29) is 12.1 Å². The Balaban J connectivity index is 2.55. The molecule has 0 saturated heterocycles. The van der Waals surface area contributed by atoms with E-state index in [0.717, 1.165) is 6.42 Å². The molecule has 0 aromatic heterocycles. The van der Waals surface area contributed by atoms with Crippen molar-refractivity contribution in [3.63, 3.8) is 0 Å². The zero-order valence-electron chi connectivity index (χ0n) is 8.76. The van der Waals surface area contributed by atoms with E-state index in [1.54, 1.807) is 0 Å². The van der Waals surface area contributed by atoms with Crippen molar-refractivity contribution in [2.45, 2.75) is 57.4 Å². The third-order valence-electron chi connectivity index (χ3n) is 3.62. The van der Waals surface area contributed by atoms with E-state index >= 15 is 0 Å². The smallest absolute Gasteiger partial charge is 0.0613 e. The molecule has 1 aliphatic rings. The molecule has 0 spiro atoms. The molecule has 0 amide bonds. The van der Waals surface area contributed by atoms with Crippen LogP contribution in [0.4, 0.5) is 0 Å². The lowest BCUT2D eigenvalue weighted by atomic mass is 9.78. The maximum Gasteiger partial charge on any atom is 0.0613 e. The quantitative estimate of drug-likeness (QED) is 0.661. The molecule has 1 fully saturated rings. The second-order valence-electron chi connectivity index (χ2n) is 4.43. The van der Waals surface area contributed by atoms with Gasteiger partial charge in [-0.1, -0.05) is 32.6 Å². The summed E-state index contributed by atoms with van der Waals surface area (Å²) in [7, 11) is 0. The number of aliphatic hydroxyl groups is 1. The van der Waals surface area contributed by atoms with Gasteiger partial charge in [-0.15, -0.1) is 0 Å². The zero-order valence-corrected chi connectivity index (χ0v) is 8.76. The maximum absolute atomic E-state index is 9.30. The van der Waals surface area contributed by atoms with Gasteiger partial charge in [0.15, 0.2) is 0 Å². The van der Waals surface area contributed by atoms with E-state index in [1.165, 1.54) is 38.5 Å². The topological polar surface area (TPSA) is 46.2 Å². The van der Waals surface area contributed by atoms with Gasteiger partial charge in [0.1, 0.15) is 0 Å². The first-order valence-corrected chi connectivity index (χ1v) is 5.62. The molecule has 1 atom stereocenters. The van der Waals surface area contributed by atoms with E-state index in [4.69, 9.17) is 5.73 Å². The van der Waals surface area contributed by atoms with Gasteiger partial charge < -0.3 is 10.8 Å². The molecule has 2 heteroatoms. The lowest BCUT2D eigenvalue weighted by Crippen LogP contribution is -2.49. The van der Waals surface area contributed by atoms with Crippen molar-refractivity contribution in [2.75, 3.05) is 6.61 Å². The minimum Gasteiger partial charge on any atom is -0.394 e. The third-order valence-corrected chi connectivity index (χ3v) is 3.62. The van der Waals surface area contributed by atoms with Gasteiger partial charge in [0, 0.05) is 5.54 Å². The van der Waals surface area contributed by atoms with E-state index in [0.29, 0.717) is 5.92 Å². The van der Waals surface area contributed by atoms with E-state index in [1.807, 2.05) is 0 Å². The molecule has 0 aromatic carbocycles. The van der Waals surface area contributed by atoms with Crippen LogP contribution in [0.2, 0.25) is 0 Å². The first-order valence-electron chi connectivity index (χ1n) is 5.62. The van der Waals surface area contributed by atoms with Crippen LogP contribution in [0.25, 0.3) is 0 Å². The highest BCUT2D eigenvalue weighted by Gasteiger charge is 2.32. The first kappa shape index (κ1) is 11.0. The average molecular weight is 185 g/mol. The van der Waals surface area contributed by atoms with Crippen molar-refractivity contribution in [3.05, 3.63) is 0 Å². The molecule has 1 aliphatic carbocycles. The number of hydrogen-bond acceptors (Lipinski definition) is 2. The predicted octanol–water partition coefficient (Wildman–Crippen LogP) is 2.06. The van der Waals surface area contributed by atoms with Crippen molar-refractivity contribution in [3.8, 4) is 0 Å². The summed E-state index contributed by atoms with van der Waals surface area (Å²) in [4.78, 5) is 0. The SMILES string of the molecule is CCC(N)(CO)C1CCCCCC1. The molecule has 13 heavy (non-hydrogen) atoms. The zero-order chi connectivity index (χ0) is 9.73. The molecule has 2 nitrogen and oxygen atoms in total. The molecule has 0 heterocycles. The summed E-state index contributed by atoms with van der Waals surface area (Å²) < 4.78 is 0. The van der Waals surface area contributed by atoms with Gasteiger partial charge >= 0.3 is 0 Å². The second-order valence-corrected chi connectivity index (χ2v) is 4.43. The average Bonchev–Trinajstić information content (AvgIpc) is 2.45. The standard InChI is InChI=1S/C11H23NO/c1-2-11(12,9-13)10-7-5-3-4-6-8-10/h10,13H,2-9,12H2,1H3. The predicted molar refractivity (Wildman–Crippen MR) is 55.5 cm³/mol. The Morgan fingerprint density at radius 3 is 2.15 bits per heavy atom. The van der Waals surface area contributed by atoms with E-state index in [2.05, 4.69) is 6.92 Å². The number of hydrogen-bond donors (Lipinski definition) is 2. The Kier molecular flexibility index (Phi) is 4.20. The molecule has 1 rings (SSSR count). The van der Waals surface area contributed by atoms with Gasteiger partial charge in [-0.3, -0.25) is 0 Å². The fourth-order valence-electron chi connectivity index (χ4n) is 2.38. The van der Waals surface area contributed by atoms with Gasteiger partial charge in [-0.25, -0.2) is 0 Å². The molecule has 78 valence electrons. The Hall–Kier alpha value is -0.0800. The van der Waals surface area contributed by atoms with Crippen molar-refractivity contribution in [1.82, 2.24) is 0 Å². The van der Waals surface area contributed by atoms with Crippen LogP contribution >= 0.6 is 0 Å². The van der Waals surface area contributed by atoms with Crippen LogP contribution < -0.4 is 5.73 Å². The molecule has 0 aromatic rings. The van der Waals surface area contributed by atoms with Crippen LogP contribution in [0.5, 0.6) is 0 Å². The minimum absolute atomic E-state index is 0.147. The van der Waals surface area contributed by atoms with Crippen LogP contribution in [0.15, 0.2) is 0 Å². The van der Waals surface area contributed by atoms with Crippen LogP contribution in [-0.4, -0.2) is 17.3 Å². The Bertz CT molecular complexity index is 135. The lowest BCUT2D eigenvalue weighted by molar-refractivity contribution is 0.125. The molecule has 0 bridgehead atoms. The number of aliphatic hydroxyl groups excluding tert-OH is 1. The van der Waals surface area contributed by atoms with Crippen molar-refractivity contribution in [2.24, 2.45) is 11.7 Å². The van der Waals surface area contributed by atoms with Crippen LogP contribution in [0.3, 0.4) is 0 Å². The number of nitrogens with two attached hydrogens (primary N) is 1. The monoisotopic (exact) mass is 185 g/mol. The minimum atomic E-state index is -0.301. The summed E-state index contributed by atoms with van der Waals surface area (Å²) in [6.07, 6.45) is 8.61. The van der Waals surface area contributed by atoms with E-state index < -0.39 is 0 Å². The highest BCUT2D eigenvalue weighted by Crippen LogP contribution is 2.31. The Labute approximate surface area is 81.5 Å². The molecule has 3 N–H and O–H groups in total. The van der Waals surface area contributed by atoms with Crippen molar-refractivity contribution >= 4 is 0 Å². The lowest BCUT2D eigenvalue weighted by Gasteiger charge is -2.34. The maximum atomic E-state index is 9.30. The molecule has 0 aliphatic heterocycles. The summed E-state index contributed by atoms with van der Waals surface area (Å²) in [5.74, 6) is 0.546. The van der Waals surface area contributed by atoms with Crippen LogP contribution in [0, 0.1) is 5.92 Å². The first-order chi connectivity index (χ1) is 6.23. The molecule has 1 saturated carbocycles. The van der Waals surface area contributed by atoms with Gasteiger partial charge in [0.05, 0.1) is 6.61 Å². The highest BCUT2D eigenvalue weighted by molar-refractivity contribution is 4.90. The summed E-state index contributed by atoms with van der Waals surface area (Å²) in [5.41, 5.74) is 5.89. The highest BCUT2D eigenvalue weighted by atomic mass is 16.3. The normalized spacial score (nSPS) is 25.2. The summed E-state index contributed by atoms with van der Waals surface area (Å²) in [5, 5.41) is 9.30. The third kappa shape index (κ3) is 2.68. The molecule has 0 radical (unpaired) electrons. The van der Waals surface area contributed by atoms with Gasteiger partial charge in [-0.2, -0.15) is 0 Å². The van der Waals surface area contributed by atoms with Gasteiger partial charge in [0.2, 0.25) is 0 Å². The largest absolute Gasteiger partial charge is 0.394 e. The second kappa shape index (κ2) is 4.97. The van der Waals surface area contributed by atoms with Gasteiger partial charge in [0.25, 0.3) is 0 Å². The van der Waals surface area contributed by atoms with Crippen molar-refractivity contribution < 1.29 is 5.11 Å². The molecule has 1 unspecified atom stereocenters. The fourth-order valence-corrected chi connectivity index (χ4v) is 2.38. The summed E-state index contributed by atoms with van der Waals surface area (Å²) >= 11 is 0.